The molecule has 0 aliphatic heterocycles. The van der Waals surface area contributed by atoms with Gasteiger partial charge < -0.3 is 41.8 Å². The first-order chi connectivity index (χ1) is 24.1. The lowest BCUT2D eigenvalue weighted by Gasteiger charge is -2.21. The first-order valence-corrected chi connectivity index (χ1v) is 27.8. The summed E-state index contributed by atoms with van der Waals surface area (Å²) in [6, 6.07) is 0. The maximum Gasteiger partial charge on any atom is 0.333 e. The molecule has 0 rings (SSSR count). The van der Waals surface area contributed by atoms with Gasteiger partial charge in [-0.3, -0.25) is 22.8 Å². The van der Waals surface area contributed by atoms with Crippen LogP contribution in [0.15, 0.2) is 0 Å². The zero-order chi connectivity index (χ0) is 43.1. The van der Waals surface area contributed by atoms with E-state index in [1.807, 2.05) is 48.5 Å². The summed E-state index contributed by atoms with van der Waals surface area (Å²) in [7, 11) is -14.9. The van der Waals surface area contributed by atoms with E-state index in [1.54, 1.807) is 48.5 Å². The summed E-state index contributed by atoms with van der Waals surface area (Å²) in [5, 5.41) is 0. The summed E-state index contributed by atoms with van der Waals surface area (Å²) in [6.45, 7) is 33.2. The van der Waals surface area contributed by atoms with Crippen LogP contribution >= 0.6 is 37.8 Å². The Morgan fingerprint density at radius 3 is 0.830 bits per heavy atom. The molecule has 0 heterocycles. The molecule has 53 heavy (non-hydrogen) atoms. The van der Waals surface area contributed by atoms with Crippen molar-refractivity contribution in [2.75, 3.05) is 46.3 Å². The molecule has 19 heteroatoms. The standard InChI is InChI=1S/C11H25O3P.2C7H17O3P.C5H13O3P.C4H11O2P/c1-5-7-9-13-15(12,11(3)4)14-10-8-6-2;1-5-9-11(8,7(3)4)10-6-2;1-4-5-6-10-11(8,9)7(2)3;1-4-8-9(6,7)5(2)3;1-4(2)7(3,5)6/h11H,5-10H2,1-4H3;7H,5-6H2,1-4H3;7H,4-6H2,1-3H3,(H,8,9);5H,4H2,1-3H3,(H,6,7);4H,1-3H3,(H,5,6). The minimum Gasteiger partial charge on any atom is -0.344 e. The largest absolute Gasteiger partial charge is 0.344 e. The van der Waals surface area contributed by atoms with Crippen molar-refractivity contribution in [2.24, 2.45) is 0 Å². The van der Waals surface area contributed by atoms with Crippen molar-refractivity contribution in [2.45, 2.75) is 178 Å². The molecule has 3 unspecified atom stereocenters. The van der Waals surface area contributed by atoms with Crippen molar-refractivity contribution in [1.29, 1.82) is 0 Å². The fraction of sp³-hybridized carbons (Fsp3) is 1.00. The van der Waals surface area contributed by atoms with Gasteiger partial charge in [0.15, 0.2) is 7.37 Å². The first kappa shape index (κ1) is 63.0. The molecular formula is C34H83O14P5. The third kappa shape index (κ3) is 36.9. The van der Waals surface area contributed by atoms with E-state index < -0.39 is 37.8 Å². The molecule has 0 aromatic rings. The second-order valence-electron chi connectivity index (χ2n) is 13.4. The summed E-state index contributed by atoms with van der Waals surface area (Å²) in [5.41, 5.74) is -0.780. The molecular weight excluding hydrogens is 787 g/mol. The Bertz CT molecular complexity index is 1050. The van der Waals surface area contributed by atoms with Gasteiger partial charge in [0.1, 0.15) is 0 Å². The van der Waals surface area contributed by atoms with Crippen LogP contribution in [-0.2, 0) is 50.0 Å². The molecule has 0 aliphatic rings. The first-order valence-electron chi connectivity index (χ1n) is 19.1. The van der Waals surface area contributed by atoms with Crippen molar-refractivity contribution in [1.82, 2.24) is 0 Å². The normalized spacial score (nSPS) is 15.2. The van der Waals surface area contributed by atoms with Gasteiger partial charge in [0.05, 0.1) is 62.3 Å². The fourth-order valence-corrected chi connectivity index (χ4v) is 6.71. The van der Waals surface area contributed by atoms with Crippen LogP contribution in [0.25, 0.3) is 0 Å². The topological polar surface area (TPSA) is 201 Å². The average Bonchev–Trinajstić information content (AvgIpc) is 3.02. The highest BCUT2D eigenvalue weighted by Gasteiger charge is 2.29. The van der Waals surface area contributed by atoms with E-state index >= 15 is 0 Å². The van der Waals surface area contributed by atoms with Crippen molar-refractivity contribution >= 4 is 37.8 Å². The van der Waals surface area contributed by atoms with Gasteiger partial charge in [0.25, 0.3) is 0 Å². The van der Waals surface area contributed by atoms with Crippen LogP contribution in [0.3, 0.4) is 0 Å². The summed E-state index contributed by atoms with van der Waals surface area (Å²) >= 11 is 0. The molecule has 328 valence electrons. The molecule has 0 fully saturated rings. The molecule has 0 radical (unpaired) electrons. The van der Waals surface area contributed by atoms with Gasteiger partial charge in [0, 0.05) is 12.3 Å². The van der Waals surface area contributed by atoms with Crippen LogP contribution in [0.4, 0.5) is 0 Å². The summed E-state index contributed by atoms with van der Waals surface area (Å²) in [6.07, 6.45) is 5.80. The van der Waals surface area contributed by atoms with Gasteiger partial charge >= 0.3 is 30.4 Å². The SMILES string of the molecule is CC(C)P(C)(=O)O.CCCCOP(=O)(O)C(C)C.CCCCOP(=O)(OCCCC)C(C)C.CCOP(=O)(O)C(C)C.CCOP(=O)(OCC)C(C)C. The second-order valence-corrected chi connectivity index (χ2v) is 26.4. The van der Waals surface area contributed by atoms with Crippen LogP contribution in [0.1, 0.15) is 149 Å². The van der Waals surface area contributed by atoms with E-state index in [1.165, 1.54) is 6.66 Å². The lowest BCUT2D eigenvalue weighted by atomic mass is 10.4. The highest BCUT2D eigenvalue weighted by atomic mass is 31.2. The maximum atomic E-state index is 12.2. The Morgan fingerprint density at radius 2 is 0.642 bits per heavy atom. The Hall–Kier alpha value is 0.790. The predicted octanol–water partition coefficient (Wildman–Crippen LogP) is 12.2. The van der Waals surface area contributed by atoms with Gasteiger partial charge in [-0.15, -0.1) is 0 Å². The van der Waals surface area contributed by atoms with E-state index in [0.29, 0.717) is 39.6 Å². The van der Waals surface area contributed by atoms with Crippen LogP contribution in [0.2, 0.25) is 0 Å². The Labute approximate surface area is 325 Å². The van der Waals surface area contributed by atoms with Gasteiger partial charge in [-0.25, -0.2) is 0 Å². The number of rotatable bonds is 23. The van der Waals surface area contributed by atoms with Crippen molar-refractivity contribution in [3.05, 3.63) is 0 Å². The number of unbranched alkanes of at least 4 members (excludes halogenated alkanes) is 3. The van der Waals surface area contributed by atoms with Crippen molar-refractivity contribution in [3.63, 3.8) is 0 Å². The van der Waals surface area contributed by atoms with Gasteiger partial charge in [-0.05, 0) is 40.0 Å². The molecule has 14 nitrogen and oxygen atoms in total. The Kier molecular flexibility index (Phi) is 41.3. The minimum atomic E-state index is -3.29. The molecule has 0 saturated carbocycles. The zero-order valence-electron chi connectivity index (χ0n) is 36.4. The van der Waals surface area contributed by atoms with Gasteiger partial charge in [-0.2, -0.15) is 0 Å². The minimum absolute atomic E-state index is 0.0498. The van der Waals surface area contributed by atoms with E-state index in [9.17, 15) is 22.8 Å². The predicted molar refractivity (Wildman–Crippen MR) is 224 cm³/mol. The monoisotopic (exact) mass is 870 g/mol. The van der Waals surface area contributed by atoms with Crippen LogP contribution in [-0.4, -0.2) is 89.3 Å². The molecule has 3 N–H and O–H groups in total. The molecule has 0 bridgehead atoms. The molecule has 3 atom stereocenters. The van der Waals surface area contributed by atoms with E-state index in [0.717, 1.165) is 38.5 Å². The highest BCUT2D eigenvalue weighted by Crippen LogP contribution is 2.53. The van der Waals surface area contributed by atoms with Gasteiger partial charge in [0.2, 0.25) is 0 Å². The number of hydrogen-bond acceptors (Lipinski definition) is 11. The molecule has 0 spiro atoms. The third-order valence-electron chi connectivity index (χ3n) is 6.77. The Morgan fingerprint density at radius 1 is 0.396 bits per heavy atom. The second kappa shape index (κ2) is 34.8. The molecule has 0 amide bonds. The molecule has 0 saturated heterocycles. The fourth-order valence-electron chi connectivity index (χ4n) is 2.53. The molecule has 0 aliphatic carbocycles. The zero-order valence-corrected chi connectivity index (χ0v) is 40.9. The molecule has 0 aromatic heterocycles. The van der Waals surface area contributed by atoms with E-state index in [2.05, 4.69) is 18.4 Å². The maximum absolute atomic E-state index is 12.2. The van der Waals surface area contributed by atoms with Gasteiger partial charge in [-0.1, -0.05) is 109 Å². The van der Waals surface area contributed by atoms with Crippen molar-refractivity contribution < 1.29 is 64.6 Å². The van der Waals surface area contributed by atoms with Crippen molar-refractivity contribution in [3.8, 4) is 0 Å². The van der Waals surface area contributed by atoms with Crippen LogP contribution in [0.5, 0.6) is 0 Å². The highest BCUT2D eigenvalue weighted by molar-refractivity contribution is 7.57. The molecule has 0 aromatic carbocycles. The summed E-state index contributed by atoms with van der Waals surface area (Å²) < 4.78 is 86.7. The summed E-state index contributed by atoms with van der Waals surface area (Å²) in [4.78, 5) is 26.7. The Balaban J connectivity index is -0.000000185. The lowest BCUT2D eigenvalue weighted by Crippen LogP contribution is -2.07. The number of hydrogen-bond donors (Lipinski definition) is 3. The van der Waals surface area contributed by atoms with E-state index in [4.69, 9.17) is 37.3 Å². The van der Waals surface area contributed by atoms with Crippen LogP contribution in [0, 0.1) is 0 Å². The smallest absolute Gasteiger partial charge is 0.333 e. The lowest BCUT2D eigenvalue weighted by molar-refractivity contribution is 0.194. The quantitative estimate of drug-likeness (QED) is 0.0646. The van der Waals surface area contributed by atoms with E-state index in [-0.39, 0.29) is 28.3 Å². The summed E-state index contributed by atoms with van der Waals surface area (Å²) in [5.74, 6) is 0. The average molecular weight is 871 g/mol. The van der Waals surface area contributed by atoms with Crippen LogP contribution < -0.4 is 0 Å². The third-order valence-corrected chi connectivity index (χ3v) is 17.3.